The molecule has 7 heteroatoms. The summed E-state index contributed by atoms with van der Waals surface area (Å²) in [5.74, 6) is -0.346. The predicted octanol–water partition coefficient (Wildman–Crippen LogP) is 5.48. The fourth-order valence-electron chi connectivity index (χ4n) is 3.07. The lowest BCUT2D eigenvalue weighted by Crippen LogP contribution is -2.10. The molecule has 1 heterocycles. The van der Waals surface area contributed by atoms with Crippen molar-refractivity contribution in [2.24, 2.45) is 0 Å². The van der Waals surface area contributed by atoms with Crippen molar-refractivity contribution in [1.82, 2.24) is 4.98 Å². The number of hydrogen-bond acceptors (Lipinski definition) is 3. The number of carbonyl (C=O) groups is 1. The summed E-state index contributed by atoms with van der Waals surface area (Å²) in [4.78, 5) is 14.7. The first-order valence-electron chi connectivity index (χ1n) is 8.68. The van der Waals surface area contributed by atoms with Crippen LogP contribution in [0.1, 0.15) is 47.0 Å². The van der Waals surface area contributed by atoms with Crippen LogP contribution in [0.4, 0.5) is 13.2 Å². The van der Waals surface area contributed by atoms with Crippen molar-refractivity contribution in [2.75, 3.05) is 0 Å². The largest absolute Gasteiger partial charge is 0.489 e. The number of aliphatic carboxylic acids is 1. The molecule has 0 spiro atoms. The van der Waals surface area contributed by atoms with Crippen molar-refractivity contribution >= 4 is 11.5 Å². The van der Waals surface area contributed by atoms with Crippen LogP contribution in [-0.4, -0.2) is 16.1 Å². The van der Waals surface area contributed by atoms with Gasteiger partial charge in [0.1, 0.15) is 18.1 Å². The van der Waals surface area contributed by atoms with E-state index in [9.17, 15) is 18.0 Å². The van der Waals surface area contributed by atoms with E-state index in [0.717, 1.165) is 28.3 Å². The molecule has 0 radical (unpaired) electrons. The number of ether oxygens (including phenoxy) is 1. The van der Waals surface area contributed by atoms with Crippen LogP contribution < -0.4 is 4.74 Å². The molecule has 0 aliphatic carbocycles. The second-order valence-electron chi connectivity index (χ2n) is 6.54. The van der Waals surface area contributed by atoms with Crippen molar-refractivity contribution in [2.45, 2.75) is 46.9 Å². The molecule has 150 valence electrons. The molecule has 2 rings (SSSR count). The molecular weight excluding hydrogens is 371 g/mol. The van der Waals surface area contributed by atoms with E-state index in [1.54, 1.807) is 25.1 Å². The topological polar surface area (TPSA) is 59.4 Å². The van der Waals surface area contributed by atoms with Crippen LogP contribution in [0.2, 0.25) is 0 Å². The summed E-state index contributed by atoms with van der Waals surface area (Å²) >= 11 is 0. The fraction of sp³-hybridized carbons (Fsp3) is 0.333. The predicted molar refractivity (Wildman–Crippen MR) is 100 cm³/mol. The minimum atomic E-state index is -4.48. The number of nitrogens with zero attached hydrogens (tertiary/aromatic N) is 1. The van der Waals surface area contributed by atoms with Crippen LogP contribution in [0.3, 0.4) is 0 Å². The molecule has 0 aliphatic rings. The molecule has 0 aliphatic heterocycles. The summed E-state index contributed by atoms with van der Waals surface area (Å²) in [6.45, 7) is 7.12. The quantitative estimate of drug-likeness (QED) is 0.706. The molecule has 28 heavy (non-hydrogen) atoms. The number of carboxylic acid groups (broad SMARTS) is 1. The summed E-state index contributed by atoms with van der Waals surface area (Å²) in [7, 11) is 0. The van der Waals surface area contributed by atoms with Crippen LogP contribution >= 0.6 is 0 Å². The van der Waals surface area contributed by atoms with E-state index in [4.69, 9.17) is 9.84 Å². The Kier molecular flexibility index (Phi) is 6.48. The van der Waals surface area contributed by atoms with Crippen molar-refractivity contribution in [3.63, 3.8) is 0 Å². The molecule has 0 saturated carbocycles. The Labute approximate surface area is 161 Å². The fourth-order valence-corrected chi connectivity index (χ4v) is 3.07. The van der Waals surface area contributed by atoms with Gasteiger partial charge in [-0.1, -0.05) is 12.1 Å². The number of hydrogen-bond donors (Lipinski definition) is 1. The minimum Gasteiger partial charge on any atom is -0.489 e. The zero-order valence-electron chi connectivity index (χ0n) is 16.1. The summed E-state index contributed by atoms with van der Waals surface area (Å²) in [6.07, 6.45) is -2.77. The SMILES string of the molecule is C/C=C(/CC(=O)O)c1c(C)cc(OCc2ccc(C(F)(F)F)nc2C)cc1C. The molecular formula is C21H22F3NO3. The van der Waals surface area contributed by atoms with Crippen LogP contribution in [0.15, 0.2) is 30.3 Å². The lowest BCUT2D eigenvalue weighted by molar-refractivity contribution is -0.141. The summed E-state index contributed by atoms with van der Waals surface area (Å²) in [6, 6.07) is 5.89. The molecule has 4 nitrogen and oxygen atoms in total. The van der Waals surface area contributed by atoms with Gasteiger partial charge < -0.3 is 9.84 Å². The van der Waals surface area contributed by atoms with Gasteiger partial charge in [-0.15, -0.1) is 0 Å². The molecule has 0 amide bonds. The third-order valence-corrected chi connectivity index (χ3v) is 4.40. The zero-order valence-corrected chi connectivity index (χ0v) is 16.1. The number of aromatic nitrogens is 1. The monoisotopic (exact) mass is 393 g/mol. The Hall–Kier alpha value is -2.83. The first-order chi connectivity index (χ1) is 13.0. The molecule has 0 bridgehead atoms. The third-order valence-electron chi connectivity index (χ3n) is 4.40. The van der Waals surface area contributed by atoms with E-state index in [1.165, 1.54) is 13.0 Å². The number of aryl methyl sites for hydroxylation is 3. The molecule has 1 N–H and O–H groups in total. The molecule has 1 aromatic carbocycles. The van der Waals surface area contributed by atoms with E-state index in [1.807, 2.05) is 13.8 Å². The Bertz CT molecular complexity index is 895. The number of alkyl halides is 3. The van der Waals surface area contributed by atoms with Crippen molar-refractivity contribution in [1.29, 1.82) is 0 Å². The Morgan fingerprint density at radius 3 is 2.25 bits per heavy atom. The lowest BCUT2D eigenvalue weighted by Gasteiger charge is -2.16. The molecule has 0 unspecified atom stereocenters. The molecule has 0 saturated heterocycles. The van der Waals surface area contributed by atoms with Crippen LogP contribution in [0.25, 0.3) is 5.57 Å². The summed E-state index contributed by atoms with van der Waals surface area (Å²) in [5, 5.41) is 9.08. The molecule has 2 aromatic rings. The van der Waals surface area contributed by atoms with Crippen LogP contribution in [0.5, 0.6) is 5.75 Å². The van der Waals surface area contributed by atoms with Gasteiger partial charge in [-0.2, -0.15) is 13.2 Å². The van der Waals surface area contributed by atoms with Gasteiger partial charge in [-0.05, 0) is 68.2 Å². The molecule has 0 atom stereocenters. The first-order valence-corrected chi connectivity index (χ1v) is 8.68. The van der Waals surface area contributed by atoms with Crippen molar-refractivity contribution in [3.8, 4) is 5.75 Å². The smallest absolute Gasteiger partial charge is 0.433 e. The van der Waals surface area contributed by atoms with E-state index in [2.05, 4.69) is 4.98 Å². The van der Waals surface area contributed by atoms with Gasteiger partial charge in [0.25, 0.3) is 0 Å². The highest BCUT2D eigenvalue weighted by Gasteiger charge is 2.32. The van der Waals surface area contributed by atoms with Crippen molar-refractivity contribution in [3.05, 3.63) is 64.0 Å². The zero-order chi connectivity index (χ0) is 21.1. The average Bonchev–Trinajstić information content (AvgIpc) is 2.58. The van der Waals surface area contributed by atoms with Gasteiger partial charge in [-0.25, -0.2) is 4.98 Å². The Morgan fingerprint density at radius 1 is 1.18 bits per heavy atom. The van der Waals surface area contributed by atoms with E-state index >= 15 is 0 Å². The van der Waals surface area contributed by atoms with Gasteiger partial charge >= 0.3 is 12.1 Å². The Balaban J connectivity index is 2.21. The minimum absolute atomic E-state index is 0.0746. The Morgan fingerprint density at radius 2 is 1.79 bits per heavy atom. The maximum atomic E-state index is 12.7. The lowest BCUT2D eigenvalue weighted by atomic mass is 9.93. The first kappa shape index (κ1) is 21.5. The maximum absolute atomic E-state index is 12.7. The molecule has 1 aromatic heterocycles. The van der Waals surface area contributed by atoms with E-state index in [-0.39, 0.29) is 18.7 Å². The highest BCUT2D eigenvalue weighted by Crippen LogP contribution is 2.31. The highest BCUT2D eigenvalue weighted by molar-refractivity contribution is 5.85. The number of pyridine rings is 1. The van der Waals surface area contributed by atoms with E-state index in [0.29, 0.717) is 11.3 Å². The second kappa shape index (κ2) is 8.46. The second-order valence-corrected chi connectivity index (χ2v) is 6.54. The maximum Gasteiger partial charge on any atom is 0.433 e. The van der Waals surface area contributed by atoms with Gasteiger partial charge in [0, 0.05) is 11.3 Å². The summed E-state index contributed by atoms with van der Waals surface area (Å²) in [5.41, 5.74) is 3.21. The third kappa shape index (κ3) is 5.12. The van der Waals surface area contributed by atoms with Gasteiger partial charge in [0.2, 0.25) is 0 Å². The highest BCUT2D eigenvalue weighted by atomic mass is 19.4. The number of halogens is 3. The standard InChI is InChI=1S/C21H22F3NO3/c1-5-15(10-19(26)27)20-12(2)8-17(9-13(20)3)28-11-16-6-7-18(21(22,23)24)25-14(16)4/h5-9H,10-11H2,1-4H3,(H,26,27)/b15-5-. The van der Waals surface area contributed by atoms with Crippen molar-refractivity contribution < 1.29 is 27.8 Å². The average molecular weight is 393 g/mol. The number of rotatable bonds is 6. The number of benzene rings is 1. The normalized spacial score (nSPS) is 12.2. The van der Waals surface area contributed by atoms with Gasteiger partial charge in [0.05, 0.1) is 6.42 Å². The molecule has 0 fully saturated rings. The van der Waals surface area contributed by atoms with Gasteiger partial charge in [-0.3, -0.25) is 4.79 Å². The van der Waals surface area contributed by atoms with Gasteiger partial charge in [0.15, 0.2) is 0 Å². The number of allylic oxidation sites excluding steroid dienone is 1. The van der Waals surface area contributed by atoms with E-state index < -0.39 is 17.8 Å². The van der Waals surface area contributed by atoms with Crippen LogP contribution in [-0.2, 0) is 17.6 Å². The summed E-state index contributed by atoms with van der Waals surface area (Å²) < 4.78 is 43.9. The van der Waals surface area contributed by atoms with Crippen LogP contribution in [0, 0.1) is 20.8 Å². The number of carboxylic acids is 1.